The Balaban J connectivity index is 2.39. The molecule has 2 aliphatic rings. The largest absolute Gasteiger partial charge is 0.439 e. The predicted octanol–water partition coefficient (Wildman–Crippen LogP) is 4.98. The molecule has 0 heterocycles. The molecule has 0 aliphatic heterocycles. The number of hydrogen-bond donors (Lipinski definition) is 1. The zero-order chi connectivity index (χ0) is 17.1. The first-order valence-electron chi connectivity index (χ1n) is 9.33. The highest BCUT2D eigenvalue weighted by Gasteiger charge is 2.58. The molecule has 23 heavy (non-hydrogen) atoms. The zero-order valence-electron chi connectivity index (χ0n) is 15.9. The maximum atomic E-state index is 6.45. The summed E-state index contributed by atoms with van der Waals surface area (Å²) in [6.45, 7) is 14.6. The minimum atomic E-state index is -2.61. The second kappa shape index (κ2) is 7.64. The third-order valence-electron chi connectivity index (χ3n) is 5.82. The standard InChI is InChI=1S/C19H35NO2Si/c1-7-21-23(22-8-2,20-18-12-10-9-11-13-18)19(6)14-15(3)16(4)17(19)5/h14,18,20H,7-13H2,1-6H3. The fourth-order valence-electron chi connectivity index (χ4n) is 4.17. The number of hydrogen-bond acceptors (Lipinski definition) is 3. The van der Waals surface area contributed by atoms with Crippen LogP contribution in [-0.4, -0.2) is 28.0 Å². The predicted molar refractivity (Wildman–Crippen MR) is 99.5 cm³/mol. The quantitative estimate of drug-likeness (QED) is 0.665. The van der Waals surface area contributed by atoms with Crippen LogP contribution < -0.4 is 4.98 Å². The molecule has 1 N–H and O–H groups in total. The molecule has 1 saturated carbocycles. The van der Waals surface area contributed by atoms with Crippen molar-refractivity contribution in [3.8, 4) is 0 Å². The first-order valence-corrected chi connectivity index (χ1v) is 11.1. The van der Waals surface area contributed by atoms with E-state index in [0.717, 1.165) is 0 Å². The summed E-state index contributed by atoms with van der Waals surface area (Å²) in [5.41, 5.74) is 4.17. The lowest BCUT2D eigenvalue weighted by molar-refractivity contribution is 0.147. The van der Waals surface area contributed by atoms with Crippen molar-refractivity contribution in [2.75, 3.05) is 13.2 Å². The average molecular weight is 338 g/mol. The Morgan fingerprint density at radius 3 is 2.09 bits per heavy atom. The van der Waals surface area contributed by atoms with Crippen LogP contribution in [0.25, 0.3) is 0 Å². The van der Waals surface area contributed by atoms with Crippen LogP contribution in [0.1, 0.15) is 73.6 Å². The Hall–Kier alpha value is -0.423. The summed E-state index contributed by atoms with van der Waals surface area (Å²) in [7, 11) is -2.61. The van der Waals surface area contributed by atoms with Crippen molar-refractivity contribution in [1.82, 2.24) is 4.98 Å². The normalized spacial score (nSPS) is 26.8. The summed E-state index contributed by atoms with van der Waals surface area (Å²) in [6, 6.07) is 0.535. The summed E-state index contributed by atoms with van der Waals surface area (Å²) in [4.78, 5) is 3.94. The molecule has 0 saturated heterocycles. The fraction of sp³-hybridized carbons (Fsp3) is 0.789. The van der Waals surface area contributed by atoms with Crippen LogP contribution in [0, 0.1) is 0 Å². The monoisotopic (exact) mass is 337 g/mol. The molecule has 4 heteroatoms. The van der Waals surface area contributed by atoms with E-state index < -0.39 is 8.72 Å². The van der Waals surface area contributed by atoms with Crippen molar-refractivity contribution in [3.05, 3.63) is 22.8 Å². The van der Waals surface area contributed by atoms with Gasteiger partial charge in [-0.25, -0.2) is 0 Å². The van der Waals surface area contributed by atoms with E-state index in [9.17, 15) is 0 Å². The van der Waals surface area contributed by atoms with E-state index in [2.05, 4.69) is 52.6 Å². The van der Waals surface area contributed by atoms with Crippen molar-refractivity contribution >= 4 is 8.72 Å². The van der Waals surface area contributed by atoms with Gasteiger partial charge in [0.05, 0.1) is 5.04 Å². The Bertz CT molecular complexity index is 474. The lowest BCUT2D eigenvalue weighted by Gasteiger charge is -2.45. The molecule has 0 spiro atoms. The van der Waals surface area contributed by atoms with Gasteiger partial charge in [-0.15, -0.1) is 0 Å². The number of allylic oxidation sites excluding steroid dienone is 4. The van der Waals surface area contributed by atoms with E-state index in [1.807, 2.05) is 0 Å². The van der Waals surface area contributed by atoms with Crippen LogP contribution in [-0.2, 0) is 8.85 Å². The van der Waals surface area contributed by atoms with Gasteiger partial charge in [0.1, 0.15) is 0 Å². The van der Waals surface area contributed by atoms with E-state index >= 15 is 0 Å². The molecule has 1 fully saturated rings. The molecule has 0 bridgehead atoms. The topological polar surface area (TPSA) is 30.5 Å². The minimum absolute atomic E-state index is 0.134. The van der Waals surface area contributed by atoms with E-state index in [1.165, 1.54) is 48.8 Å². The van der Waals surface area contributed by atoms with Gasteiger partial charge < -0.3 is 8.85 Å². The van der Waals surface area contributed by atoms with Crippen molar-refractivity contribution in [2.45, 2.75) is 84.7 Å². The SMILES string of the molecule is CCO[Si](NC1CCCCC1)(OCC)C1(C)C=C(C)C(C)=C1C. The average Bonchev–Trinajstić information content (AvgIpc) is 2.73. The molecule has 1 unspecified atom stereocenters. The van der Waals surface area contributed by atoms with Gasteiger partial charge in [0.15, 0.2) is 0 Å². The third kappa shape index (κ3) is 3.50. The molecule has 3 nitrogen and oxygen atoms in total. The van der Waals surface area contributed by atoms with Crippen LogP contribution in [0.2, 0.25) is 5.04 Å². The van der Waals surface area contributed by atoms with Crippen molar-refractivity contribution in [2.24, 2.45) is 0 Å². The molecule has 2 aliphatic carbocycles. The van der Waals surface area contributed by atoms with Gasteiger partial charge >= 0.3 is 8.72 Å². The fourth-order valence-corrected chi connectivity index (χ4v) is 8.05. The molecule has 0 radical (unpaired) electrons. The molecule has 132 valence electrons. The van der Waals surface area contributed by atoms with Gasteiger partial charge in [0.2, 0.25) is 0 Å². The van der Waals surface area contributed by atoms with E-state index in [0.29, 0.717) is 19.3 Å². The lowest BCUT2D eigenvalue weighted by atomic mass is 9.96. The zero-order valence-corrected chi connectivity index (χ0v) is 16.9. The Morgan fingerprint density at radius 1 is 1.09 bits per heavy atom. The lowest BCUT2D eigenvalue weighted by Crippen LogP contribution is -2.66. The maximum Gasteiger partial charge on any atom is 0.439 e. The van der Waals surface area contributed by atoms with Crippen LogP contribution in [0.4, 0.5) is 0 Å². The van der Waals surface area contributed by atoms with Crippen LogP contribution in [0.5, 0.6) is 0 Å². The van der Waals surface area contributed by atoms with Crippen molar-refractivity contribution in [3.63, 3.8) is 0 Å². The molecular formula is C19H35NO2Si. The number of nitrogens with one attached hydrogen (secondary N) is 1. The molecule has 0 aromatic rings. The van der Waals surface area contributed by atoms with Gasteiger partial charge in [-0.2, -0.15) is 0 Å². The summed E-state index contributed by atoms with van der Waals surface area (Å²) >= 11 is 0. The first kappa shape index (κ1) is 18.9. The highest BCUT2D eigenvalue weighted by molar-refractivity contribution is 6.70. The van der Waals surface area contributed by atoms with Gasteiger partial charge in [-0.1, -0.05) is 36.5 Å². The molecule has 0 aromatic carbocycles. The second-order valence-electron chi connectivity index (χ2n) is 7.24. The molecule has 0 aromatic heterocycles. The minimum Gasteiger partial charge on any atom is -0.382 e. The van der Waals surface area contributed by atoms with Crippen molar-refractivity contribution in [1.29, 1.82) is 0 Å². The summed E-state index contributed by atoms with van der Waals surface area (Å²) in [5, 5.41) is -0.134. The van der Waals surface area contributed by atoms with E-state index in [-0.39, 0.29) is 5.04 Å². The van der Waals surface area contributed by atoms with Gasteiger partial charge in [0.25, 0.3) is 0 Å². The van der Waals surface area contributed by atoms with Crippen LogP contribution >= 0.6 is 0 Å². The molecule has 1 atom stereocenters. The van der Waals surface area contributed by atoms with E-state index in [1.54, 1.807) is 0 Å². The maximum absolute atomic E-state index is 6.45. The highest BCUT2D eigenvalue weighted by Crippen LogP contribution is 2.53. The molecule has 2 rings (SSSR count). The van der Waals surface area contributed by atoms with Gasteiger partial charge in [-0.3, -0.25) is 4.98 Å². The summed E-state index contributed by atoms with van der Waals surface area (Å²) in [5.74, 6) is 0. The third-order valence-corrected chi connectivity index (χ3v) is 9.88. The Kier molecular flexibility index (Phi) is 6.28. The summed E-state index contributed by atoms with van der Waals surface area (Å²) < 4.78 is 12.9. The molecule has 0 amide bonds. The second-order valence-corrected chi connectivity index (χ2v) is 10.4. The number of rotatable bonds is 7. The van der Waals surface area contributed by atoms with Crippen LogP contribution in [0.15, 0.2) is 22.8 Å². The summed E-state index contributed by atoms with van der Waals surface area (Å²) in [6.07, 6.45) is 8.89. The Labute approximate surface area is 143 Å². The Morgan fingerprint density at radius 2 is 1.65 bits per heavy atom. The van der Waals surface area contributed by atoms with Gasteiger partial charge in [-0.05, 0) is 60.0 Å². The van der Waals surface area contributed by atoms with Crippen LogP contribution in [0.3, 0.4) is 0 Å². The molecular weight excluding hydrogens is 302 g/mol. The van der Waals surface area contributed by atoms with E-state index in [4.69, 9.17) is 8.85 Å². The first-order chi connectivity index (χ1) is 10.9. The smallest absolute Gasteiger partial charge is 0.382 e. The van der Waals surface area contributed by atoms with Crippen molar-refractivity contribution < 1.29 is 8.85 Å². The van der Waals surface area contributed by atoms with Gasteiger partial charge in [0, 0.05) is 19.3 Å². The highest BCUT2D eigenvalue weighted by atomic mass is 28.4.